The standard InChI is InChI=1S/C15H17N2S3/c1-10-14(20-15(18-10)16(2)3)19-13-9-17(4)12-8-6-5-7-11(12)13/h5-9H,1-4H3/q+1. The molecular formula is C15H17N2S3+. The van der Waals surface area contributed by atoms with Crippen LogP contribution in [0.2, 0.25) is 0 Å². The Morgan fingerprint density at radius 3 is 2.60 bits per heavy atom. The van der Waals surface area contributed by atoms with Gasteiger partial charge in [0.15, 0.2) is 0 Å². The summed E-state index contributed by atoms with van der Waals surface area (Å²) in [5.74, 6) is 0. The highest BCUT2D eigenvalue weighted by Crippen LogP contribution is 2.38. The minimum absolute atomic E-state index is 1.29. The maximum Gasteiger partial charge on any atom is 0.314 e. The molecule has 0 bridgehead atoms. The summed E-state index contributed by atoms with van der Waals surface area (Å²) in [6, 6.07) is 8.59. The molecule has 2 aromatic heterocycles. The number of fused-ring (bicyclic) bond motifs is 1. The SMILES string of the molecule is Cc1sc(=[N+](C)C)sc1Sc1cn(C)c2ccccc12. The fourth-order valence-corrected chi connectivity index (χ4v) is 6.08. The Morgan fingerprint density at radius 1 is 1.15 bits per heavy atom. The van der Waals surface area contributed by atoms with Gasteiger partial charge >= 0.3 is 3.98 Å². The quantitative estimate of drug-likeness (QED) is 0.652. The van der Waals surface area contributed by atoms with Gasteiger partial charge in [0.2, 0.25) is 0 Å². The van der Waals surface area contributed by atoms with Crippen LogP contribution in [0.4, 0.5) is 0 Å². The third-order valence-electron chi connectivity index (χ3n) is 3.14. The average molecular weight is 322 g/mol. The second-order valence-corrected chi connectivity index (χ2v) is 8.70. The first-order valence-corrected chi connectivity index (χ1v) is 8.84. The lowest BCUT2D eigenvalue weighted by atomic mass is 10.2. The minimum atomic E-state index is 1.29. The number of para-hydroxylation sites is 1. The number of benzene rings is 1. The van der Waals surface area contributed by atoms with Crippen molar-refractivity contribution in [3.63, 3.8) is 0 Å². The first-order valence-electron chi connectivity index (χ1n) is 6.39. The average Bonchev–Trinajstić information content (AvgIpc) is 2.93. The predicted molar refractivity (Wildman–Crippen MR) is 91.1 cm³/mol. The van der Waals surface area contributed by atoms with Crippen LogP contribution >= 0.6 is 34.4 Å². The number of nitrogens with zero attached hydrogens (tertiary/aromatic N) is 2. The van der Waals surface area contributed by atoms with E-state index in [-0.39, 0.29) is 0 Å². The predicted octanol–water partition coefficient (Wildman–Crippen LogP) is 3.79. The molecule has 0 N–H and O–H groups in total. The number of aromatic nitrogens is 1. The zero-order valence-electron chi connectivity index (χ0n) is 12.0. The van der Waals surface area contributed by atoms with Gasteiger partial charge < -0.3 is 4.57 Å². The van der Waals surface area contributed by atoms with Gasteiger partial charge in [0.1, 0.15) is 14.1 Å². The molecule has 3 aromatic rings. The van der Waals surface area contributed by atoms with Gasteiger partial charge in [-0.3, -0.25) is 0 Å². The van der Waals surface area contributed by atoms with Crippen LogP contribution in [0.25, 0.3) is 10.9 Å². The lowest BCUT2D eigenvalue weighted by Gasteiger charge is -1.96. The van der Waals surface area contributed by atoms with Crippen molar-refractivity contribution in [1.29, 1.82) is 0 Å². The third-order valence-corrected chi connectivity index (χ3v) is 7.51. The van der Waals surface area contributed by atoms with E-state index >= 15 is 0 Å². The zero-order valence-corrected chi connectivity index (χ0v) is 14.5. The number of aryl methyl sites for hydroxylation is 2. The minimum Gasteiger partial charge on any atom is -0.349 e. The molecule has 2 heterocycles. The Kier molecular flexibility index (Phi) is 3.75. The molecule has 0 atom stereocenters. The van der Waals surface area contributed by atoms with Gasteiger partial charge in [0.05, 0.1) is 4.21 Å². The Balaban J connectivity index is 2.08. The Bertz CT molecular complexity index is 832. The van der Waals surface area contributed by atoms with E-state index in [2.05, 4.69) is 67.7 Å². The number of rotatable bonds is 2. The maximum absolute atomic E-state index is 2.23. The highest BCUT2D eigenvalue weighted by molar-refractivity contribution is 8.01. The number of hydrogen-bond acceptors (Lipinski definition) is 3. The second-order valence-electron chi connectivity index (χ2n) is 4.93. The molecule has 104 valence electrons. The van der Waals surface area contributed by atoms with Gasteiger partial charge in [-0.2, -0.15) is 0 Å². The summed E-state index contributed by atoms with van der Waals surface area (Å²) in [5, 5.41) is 1.34. The lowest BCUT2D eigenvalue weighted by Crippen LogP contribution is -2.14. The van der Waals surface area contributed by atoms with Crippen LogP contribution in [0, 0.1) is 6.92 Å². The molecule has 1 aromatic carbocycles. The summed E-state index contributed by atoms with van der Waals surface area (Å²) in [6.45, 7) is 2.21. The molecule has 0 unspecified atom stereocenters. The first-order chi connectivity index (χ1) is 9.56. The van der Waals surface area contributed by atoms with E-state index in [0.717, 1.165) is 0 Å². The number of hydrogen-bond donors (Lipinski definition) is 0. The summed E-state index contributed by atoms with van der Waals surface area (Å²) in [4.78, 5) is 2.74. The molecule has 0 aliphatic rings. The summed E-state index contributed by atoms with van der Waals surface area (Å²) < 4.78 is 7.15. The van der Waals surface area contributed by atoms with E-state index < -0.39 is 0 Å². The molecule has 0 fully saturated rings. The fourth-order valence-electron chi connectivity index (χ4n) is 2.11. The smallest absolute Gasteiger partial charge is 0.314 e. The second kappa shape index (κ2) is 5.39. The molecule has 3 rings (SSSR count). The van der Waals surface area contributed by atoms with Crippen molar-refractivity contribution in [1.82, 2.24) is 9.14 Å². The van der Waals surface area contributed by atoms with Crippen molar-refractivity contribution < 1.29 is 0 Å². The molecule has 0 saturated heterocycles. The molecule has 0 saturated carbocycles. The van der Waals surface area contributed by atoms with Gasteiger partial charge in [0, 0.05) is 33.9 Å². The molecule has 5 heteroatoms. The van der Waals surface area contributed by atoms with Gasteiger partial charge in [-0.1, -0.05) is 41.3 Å². The Morgan fingerprint density at radius 2 is 1.90 bits per heavy atom. The van der Waals surface area contributed by atoms with Gasteiger partial charge in [-0.25, -0.2) is 4.58 Å². The van der Waals surface area contributed by atoms with E-state index in [9.17, 15) is 0 Å². The van der Waals surface area contributed by atoms with Crippen LogP contribution in [0.5, 0.6) is 0 Å². The van der Waals surface area contributed by atoms with Crippen LogP contribution in [-0.4, -0.2) is 18.7 Å². The zero-order chi connectivity index (χ0) is 14.3. The fraction of sp³-hybridized carbons (Fsp3) is 0.267. The van der Waals surface area contributed by atoms with Crippen LogP contribution in [0.1, 0.15) is 4.88 Å². The highest BCUT2D eigenvalue weighted by atomic mass is 32.2. The van der Waals surface area contributed by atoms with Crippen LogP contribution < -0.4 is 8.56 Å². The largest absolute Gasteiger partial charge is 0.349 e. The summed E-state index contributed by atoms with van der Waals surface area (Å²) in [6.07, 6.45) is 2.23. The van der Waals surface area contributed by atoms with E-state index in [4.69, 9.17) is 0 Å². The van der Waals surface area contributed by atoms with Gasteiger partial charge in [-0.15, -0.1) is 0 Å². The van der Waals surface area contributed by atoms with Crippen molar-refractivity contribution in [2.45, 2.75) is 16.0 Å². The van der Waals surface area contributed by atoms with Crippen molar-refractivity contribution >= 4 is 45.3 Å². The molecule has 20 heavy (non-hydrogen) atoms. The molecular weight excluding hydrogens is 304 g/mol. The first kappa shape index (κ1) is 13.9. The van der Waals surface area contributed by atoms with Crippen molar-refractivity contribution in [2.24, 2.45) is 7.05 Å². The van der Waals surface area contributed by atoms with Crippen LogP contribution in [0.15, 0.2) is 39.6 Å². The Labute approximate surface area is 131 Å². The normalized spacial score (nSPS) is 11.2. The monoisotopic (exact) mass is 321 g/mol. The molecule has 0 aliphatic carbocycles. The van der Waals surface area contributed by atoms with Crippen molar-refractivity contribution in [3.8, 4) is 0 Å². The maximum atomic E-state index is 2.23. The van der Waals surface area contributed by atoms with Crippen LogP contribution in [-0.2, 0) is 7.05 Å². The highest BCUT2D eigenvalue weighted by Gasteiger charge is 2.13. The Hall–Kier alpha value is -1.04. The van der Waals surface area contributed by atoms with E-state index in [1.165, 1.54) is 28.9 Å². The molecule has 2 nitrogen and oxygen atoms in total. The van der Waals surface area contributed by atoms with E-state index in [0.29, 0.717) is 0 Å². The van der Waals surface area contributed by atoms with E-state index in [1.807, 2.05) is 34.4 Å². The molecule has 0 amide bonds. The lowest BCUT2D eigenvalue weighted by molar-refractivity contribution is 0.844. The van der Waals surface area contributed by atoms with E-state index in [1.54, 1.807) is 0 Å². The molecule has 0 aliphatic heterocycles. The van der Waals surface area contributed by atoms with Crippen molar-refractivity contribution in [3.05, 3.63) is 39.3 Å². The summed E-state index contributed by atoms with van der Waals surface area (Å²) in [7, 11) is 6.32. The molecule has 0 radical (unpaired) electrons. The summed E-state index contributed by atoms with van der Waals surface area (Å²) >= 11 is 5.63. The third kappa shape index (κ3) is 2.45. The van der Waals surface area contributed by atoms with Gasteiger partial charge in [0.25, 0.3) is 0 Å². The summed E-state index contributed by atoms with van der Waals surface area (Å²) in [5.41, 5.74) is 1.29. The molecule has 0 spiro atoms. The van der Waals surface area contributed by atoms with Crippen LogP contribution in [0.3, 0.4) is 0 Å². The van der Waals surface area contributed by atoms with Crippen molar-refractivity contribution in [2.75, 3.05) is 14.1 Å². The van der Waals surface area contributed by atoms with Gasteiger partial charge in [-0.05, 0) is 24.3 Å². The topological polar surface area (TPSA) is 7.94 Å².